The van der Waals surface area contributed by atoms with Crippen molar-refractivity contribution in [1.82, 2.24) is 19.4 Å². The lowest BCUT2D eigenvalue weighted by Crippen LogP contribution is -2.51. The van der Waals surface area contributed by atoms with Gasteiger partial charge in [0, 0.05) is 38.3 Å². The molecule has 8 heteroatoms. The van der Waals surface area contributed by atoms with Crippen LogP contribution in [0.15, 0.2) is 17.3 Å². The van der Waals surface area contributed by atoms with Crippen molar-refractivity contribution in [3.05, 3.63) is 12.4 Å². The minimum Gasteiger partial charge on any atom is -0.340 e. The average Bonchev–Trinajstić information content (AvgIpc) is 2.92. The first-order valence-corrected chi connectivity index (χ1v) is 7.64. The van der Waals surface area contributed by atoms with E-state index in [0.29, 0.717) is 26.2 Å². The van der Waals surface area contributed by atoms with Crippen molar-refractivity contribution >= 4 is 15.9 Å². The zero-order chi connectivity index (χ0) is 14.0. The SMILES string of the molecule is CC(C)C(=O)N1CCN(S(=O)(=O)c2cn[nH]c2)CC1. The van der Waals surface area contributed by atoms with Crippen molar-refractivity contribution in [3.63, 3.8) is 0 Å². The Bertz CT molecular complexity index is 530. The summed E-state index contributed by atoms with van der Waals surface area (Å²) in [6.45, 7) is 5.22. The number of amides is 1. The van der Waals surface area contributed by atoms with Crippen LogP contribution in [0.5, 0.6) is 0 Å². The largest absolute Gasteiger partial charge is 0.340 e. The fraction of sp³-hybridized carbons (Fsp3) is 0.636. The van der Waals surface area contributed by atoms with Crippen LogP contribution in [0.1, 0.15) is 13.8 Å². The number of sulfonamides is 1. The fourth-order valence-corrected chi connectivity index (χ4v) is 3.37. The number of rotatable bonds is 3. The van der Waals surface area contributed by atoms with Crippen LogP contribution in [0.2, 0.25) is 0 Å². The predicted octanol–water partition coefficient (Wildman–Crippen LogP) is -0.101. The van der Waals surface area contributed by atoms with Crippen LogP contribution >= 0.6 is 0 Å². The highest BCUT2D eigenvalue weighted by Gasteiger charge is 2.31. The second-order valence-electron chi connectivity index (χ2n) is 4.82. The lowest BCUT2D eigenvalue weighted by Gasteiger charge is -2.34. The molecule has 0 atom stereocenters. The molecule has 1 amide bonds. The highest BCUT2D eigenvalue weighted by atomic mass is 32.2. The summed E-state index contributed by atoms with van der Waals surface area (Å²) in [7, 11) is -3.49. The Labute approximate surface area is 112 Å². The van der Waals surface area contributed by atoms with Gasteiger partial charge in [0.2, 0.25) is 15.9 Å². The maximum Gasteiger partial charge on any atom is 0.246 e. The van der Waals surface area contributed by atoms with Crippen molar-refractivity contribution in [3.8, 4) is 0 Å². The van der Waals surface area contributed by atoms with Gasteiger partial charge in [0.25, 0.3) is 0 Å². The van der Waals surface area contributed by atoms with Crippen molar-refractivity contribution in [2.75, 3.05) is 26.2 Å². The average molecular weight is 286 g/mol. The Kier molecular flexibility index (Phi) is 3.91. The lowest BCUT2D eigenvalue weighted by molar-refractivity contribution is -0.135. The van der Waals surface area contributed by atoms with E-state index in [0.717, 1.165) is 0 Å². The molecule has 0 unspecified atom stereocenters. The number of H-pyrrole nitrogens is 1. The van der Waals surface area contributed by atoms with Crippen molar-refractivity contribution in [1.29, 1.82) is 0 Å². The molecule has 19 heavy (non-hydrogen) atoms. The van der Waals surface area contributed by atoms with Gasteiger partial charge < -0.3 is 4.90 Å². The van der Waals surface area contributed by atoms with E-state index in [1.165, 1.54) is 16.7 Å². The highest BCUT2D eigenvalue weighted by Crippen LogP contribution is 2.16. The molecule has 0 aliphatic carbocycles. The van der Waals surface area contributed by atoms with Gasteiger partial charge in [-0.2, -0.15) is 9.40 Å². The zero-order valence-electron chi connectivity index (χ0n) is 11.0. The number of nitrogens with zero attached hydrogens (tertiary/aromatic N) is 3. The van der Waals surface area contributed by atoms with Gasteiger partial charge >= 0.3 is 0 Å². The first-order chi connectivity index (χ1) is 8.93. The molecular weight excluding hydrogens is 268 g/mol. The van der Waals surface area contributed by atoms with E-state index in [-0.39, 0.29) is 16.7 Å². The van der Waals surface area contributed by atoms with E-state index in [9.17, 15) is 13.2 Å². The molecule has 0 radical (unpaired) electrons. The first kappa shape index (κ1) is 14.0. The summed E-state index contributed by atoms with van der Waals surface area (Å²) < 4.78 is 25.8. The molecule has 2 heterocycles. The van der Waals surface area contributed by atoms with Crippen LogP contribution < -0.4 is 0 Å². The maximum absolute atomic E-state index is 12.2. The topological polar surface area (TPSA) is 86.4 Å². The third-order valence-corrected chi connectivity index (χ3v) is 5.02. The minimum absolute atomic E-state index is 0.0583. The number of hydrogen-bond donors (Lipinski definition) is 1. The molecule has 0 aromatic carbocycles. The van der Waals surface area contributed by atoms with E-state index < -0.39 is 10.0 Å². The molecule has 1 aliphatic heterocycles. The molecule has 1 aliphatic rings. The number of carbonyl (C=O) groups excluding carboxylic acids is 1. The molecule has 0 spiro atoms. The summed E-state index contributed by atoms with van der Waals surface area (Å²) in [5.41, 5.74) is 0. The van der Waals surface area contributed by atoms with Crippen LogP contribution in [-0.2, 0) is 14.8 Å². The number of hydrogen-bond acceptors (Lipinski definition) is 4. The quantitative estimate of drug-likeness (QED) is 0.840. The molecular formula is C11H18N4O3S. The summed E-state index contributed by atoms with van der Waals surface area (Å²) in [6.07, 6.45) is 2.65. The Morgan fingerprint density at radius 1 is 1.32 bits per heavy atom. The summed E-state index contributed by atoms with van der Waals surface area (Å²) >= 11 is 0. The predicted molar refractivity (Wildman–Crippen MR) is 68.8 cm³/mol. The molecule has 1 aromatic heterocycles. The smallest absolute Gasteiger partial charge is 0.246 e. The van der Waals surface area contributed by atoms with Crippen LogP contribution in [0.25, 0.3) is 0 Å². The molecule has 7 nitrogen and oxygen atoms in total. The summed E-state index contributed by atoms with van der Waals surface area (Å²) in [6, 6.07) is 0. The molecule has 1 saturated heterocycles. The van der Waals surface area contributed by atoms with Gasteiger partial charge in [-0.3, -0.25) is 9.89 Å². The van der Waals surface area contributed by atoms with Crippen molar-refractivity contribution < 1.29 is 13.2 Å². The number of carbonyl (C=O) groups is 1. The minimum atomic E-state index is -3.49. The van der Waals surface area contributed by atoms with Gasteiger partial charge in [0.1, 0.15) is 4.90 Å². The van der Waals surface area contributed by atoms with Crippen molar-refractivity contribution in [2.24, 2.45) is 5.92 Å². The van der Waals surface area contributed by atoms with Crippen molar-refractivity contribution in [2.45, 2.75) is 18.7 Å². The molecule has 106 valence electrons. The van der Waals surface area contributed by atoms with E-state index in [4.69, 9.17) is 0 Å². The number of piperazine rings is 1. The highest BCUT2D eigenvalue weighted by molar-refractivity contribution is 7.89. The third kappa shape index (κ3) is 2.79. The number of aromatic nitrogens is 2. The zero-order valence-corrected chi connectivity index (χ0v) is 11.9. The Morgan fingerprint density at radius 3 is 2.42 bits per heavy atom. The Hall–Kier alpha value is -1.41. The summed E-state index contributed by atoms with van der Waals surface area (Å²) in [4.78, 5) is 13.7. The monoisotopic (exact) mass is 286 g/mol. The normalized spacial score (nSPS) is 17.9. The first-order valence-electron chi connectivity index (χ1n) is 6.20. The Morgan fingerprint density at radius 2 is 1.95 bits per heavy atom. The maximum atomic E-state index is 12.2. The number of aromatic amines is 1. The van der Waals surface area contributed by atoms with Gasteiger partial charge in [-0.25, -0.2) is 8.42 Å². The molecule has 2 rings (SSSR count). The summed E-state index contributed by atoms with van der Waals surface area (Å²) in [5, 5.41) is 6.15. The van der Waals surface area contributed by atoms with Gasteiger partial charge in [-0.15, -0.1) is 0 Å². The molecule has 0 bridgehead atoms. The molecule has 1 fully saturated rings. The van der Waals surface area contributed by atoms with Gasteiger partial charge in [0.05, 0.1) is 6.20 Å². The van der Waals surface area contributed by atoms with Crippen LogP contribution in [0.3, 0.4) is 0 Å². The molecule has 0 saturated carbocycles. The van der Waals surface area contributed by atoms with E-state index in [1.807, 2.05) is 13.8 Å². The molecule has 1 N–H and O–H groups in total. The lowest BCUT2D eigenvalue weighted by atomic mass is 10.2. The second kappa shape index (κ2) is 5.30. The van der Waals surface area contributed by atoms with E-state index >= 15 is 0 Å². The molecule has 1 aromatic rings. The van der Waals surface area contributed by atoms with Gasteiger partial charge in [-0.1, -0.05) is 13.8 Å². The van der Waals surface area contributed by atoms with Crippen LogP contribution in [0, 0.1) is 5.92 Å². The van der Waals surface area contributed by atoms with Gasteiger partial charge in [-0.05, 0) is 0 Å². The van der Waals surface area contributed by atoms with Crippen LogP contribution in [-0.4, -0.2) is 59.9 Å². The standard InChI is InChI=1S/C11H18N4O3S/c1-9(2)11(16)14-3-5-15(6-4-14)19(17,18)10-7-12-13-8-10/h7-9H,3-6H2,1-2H3,(H,12,13). The number of nitrogens with one attached hydrogen (secondary N) is 1. The van der Waals surface area contributed by atoms with Crippen LogP contribution in [0.4, 0.5) is 0 Å². The fourth-order valence-electron chi connectivity index (χ4n) is 2.04. The second-order valence-corrected chi connectivity index (χ2v) is 6.76. The Balaban J connectivity index is 2.03. The van der Waals surface area contributed by atoms with E-state index in [1.54, 1.807) is 4.90 Å². The van der Waals surface area contributed by atoms with Gasteiger partial charge in [0.15, 0.2) is 0 Å². The third-order valence-electron chi connectivity index (χ3n) is 3.16. The van der Waals surface area contributed by atoms with E-state index in [2.05, 4.69) is 10.2 Å². The summed E-state index contributed by atoms with van der Waals surface area (Å²) in [5.74, 6) is 0.0115.